The first kappa shape index (κ1) is 36.9. The zero-order chi connectivity index (χ0) is 32.8. The van der Waals surface area contributed by atoms with Crippen LogP contribution in [0.3, 0.4) is 0 Å². The maximum absolute atomic E-state index is 11.8. The van der Waals surface area contributed by atoms with E-state index in [4.69, 9.17) is 0 Å². The molecule has 1 unspecified atom stereocenters. The Hall–Kier alpha value is -2.32. The molecule has 0 aliphatic heterocycles. The third-order valence-electron chi connectivity index (χ3n) is 7.44. The standard InChI is InChI=1S/C21H25.C10H15.C7H4F3.CH2.Zr/c1-20(2,3)16-7-9-18-14(12-16)11-15-13-17(21(4,5)6)8-10-19(15)18;1-7(2)10-6-8(3)5-9(10)4;8-7(9,10)6-4-2-1-3-5-6;;/h7-10,12H,11H2,1-6H3;6-8H,1-4H3;2-5H;1H2;/q3*-1;;. The topological polar surface area (TPSA) is 0 Å². The molecule has 2 aliphatic carbocycles. The second-order valence-corrected chi connectivity index (χ2v) is 13.4. The van der Waals surface area contributed by atoms with Crippen LogP contribution >= 0.6 is 0 Å². The van der Waals surface area contributed by atoms with E-state index >= 15 is 0 Å². The third-order valence-corrected chi connectivity index (χ3v) is 7.44. The molecule has 0 saturated heterocycles. The molecule has 0 spiro atoms. The molecule has 0 N–H and O–H groups in total. The average Bonchev–Trinajstić information content (AvgIpc) is 3.47. The normalized spacial score (nSPS) is 15.4. The van der Waals surface area contributed by atoms with Gasteiger partial charge in [-0.25, -0.2) is 5.57 Å². The van der Waals surface area contributed by atoms with Crippen LogP contribution in [0.15, 0.2) is 71.8 Å². The molecule has 2 aliphatic rings. The summed E-state index contributed by atoms with van der Waals surface area (Å²) in [5, 5.41) is 0. The number of benzene rings is 3. The summed E-state index contributed by atoms with van der Waals surface area (Å²) >= 11 is 1.30. The van der Waals surface area contributed by atoms with Crippen molar-refractivity contribution in [3.8, 4) is 11.1 Å². The van der Waals surface area contributed by atoms with Gasteiger partial charge in [-0.3, -0.25) is 6.08 Å². The Balaban J connectivity index is 0.000000246. The van der Waals surface area contributed by atoms with Gasteiger partial charge in [-0.15, -0.1) is 11.1 Å². The monoisotopic (exact) mass is 661 g/mol. The van der Waals surface area contributed by atoms with Gasteiger partial charge in [0.05, 0.1) is 0 Å². The van der Waals surface area contributed by atoms with Crippen molar-refractivity contribution in [3.05, 3.63) is 118 Å². The summed E-state index contributed by atoms with van der Waals surface area (Å²) in [6.45, 7) is 22.4. The third kappa shape index (κ3) is 10.4. The summed E-state index contributed by atoms with van der Waals surface area (Å²) in [5.41, 5.74) is 10.9. The van der Waals surface area contributed by atoms with E-state index in [1.807, 2.05) is 0 Å². The van der Waals surface area contributed by atoms with E-state index in [-0.39, 0.29) is 10.8 Å². The van der Waals surface area contributed by atoms with E-state index in [2.05, 4.69) is 128 Å². The number of allylic oxidation sites excluding steroid dienone is 4. The van der Waals surface area contributed by atoms with Crippen LogP contribution in [0.4, 0.5) is 13.2 Å². The maximum atomic E-state index is 11.8. The van der Waals surface area contributed by atoms with Gasteiger partial charge in [0.1, 0.15) is 0 Å². The Morgan fingerprint density at radius 1 is 0.837 bits per heavy atom. The van der Waals surface area contributed by atoms with E-state index in [9.17, 15) is 13.2 Å². The first-order valence-electron chi connectivity index (χ1n) is 14.8. The molecule has 3 aromatic carbocycles. The van der Waals surface area contributed by atoms with Gasteiger partial charge in [-0.2, -0.15) is 78.9 Å². The number of hydrogen-bond donors (Lipinski definition) is 0. The molecule has 230 valence electrons. The van der Waals surface area contributed by atoms with Crippen molar-refractivity contribution in [1.82, 2.24) is 0 Å². The van der Waals surface area contributed by atoms with Gasteiger partial charge >= 0.3 is 34.6 Å². The summed E-state index contributed by atoms with van der Waals surface area (Å²) in [5.74, 6) is 1.20. The van der Waals surface area contributed by atoms with Crippen LogP contribution < -0.4 is 0 Å². The fourth-order valence-corrected chi connectivity index (χ4v) is 5.09. The fourth-order valence-electron chi connectivity index (χ4n) is 5.09. The van der Waals surface area contributed by atoms with Crippen LogP contribution in [0.1, 0.15) is 97.1 Å². The van der Waals surface area contributed by atoms with Crippen LogP contribution in [0, 0.1) is 30.0 Å². The van der Waals surface area contributed by atoms with Crippen LogP contribution in [-0.4, -0.2) is 4.21 Å². The Kier molecular flexibility index (Phi) is 13.0. The van der Waals surface area contributed by atoms with E-state index in [0.29, 0.717) is 11.8 Å². The molecule has 3 aromatic rings. The van der Waals surface area contributed by atoms with Gasteiger partial charge in [-0.05, 0) is 28.4 Å². The van der Waals surface area contributed by atoms with Crippen molar-refractivity contribution in [2.75, 3.05) is 0 Å². The number of rotatable bonds is 1. The Morgan fingerprint density at radius 3 is 1.84 bits per heavy atom. The van der Waals surface area contributed by atoms with E-state index in [0.717, 1.165) is 18.6 Å². The van der Waals surface area contributed by atoms with Crippen molar-refractivity contribution in [2.24, 2.45) is 11.8 Å². The van der Waals surface area contributed by atoms with Crippen molar-refractivity contribution in [2.45, 2.75) is 92.7 Å². The molecule has 0 saturated carbocycles. The summed E-state index contributed by atoms with van der Waals surface area (Å²) in [6.07, 6.45) is 2.48. The summed E-state index contributed by atoms with van der Waals surface area (Å²) < 4.78 is 38.7. The van der Waals surface area contributed by atoms with Crippen LogP contribution in [0.5, 0.6) is 0 Å². The average molecular weight is 663 g/mol. The zero-order valence-corrected chi connectivity index (χ0v) is 29.9. The summed E-state index contributed by atoms with van der Waals surface area (Å²) in [7, 11) is 0. The van der Waals surface area contributed by atoms with Crippen molar-refractivity contribution < 1.29 is 37.4 Å². The number of fused-ring (bicyclic) bond motifs is 3. The number of alkyl halides is 3. The predicted molar refractivity (Wildman–Crippen MR) is 173 cm³/mol. The van der Waals surface area contributed by atoms with Crippen LogP contribution in [0.25, 0.3) is 11.1 Å². The molecule has 43 heavy (non-hydrogen) atoms. The summed E-state index contributed by atoms with van der Waals surface area (Å²) in [6, 6.07) is 22.1. The van der Waals surface area contributed by atoms with Crippen molar-refractivity contribution in [1.29, 1.82) is 0 Å². The van der Waals surface area contributed by atoms with Gasteiger partial charge in [0.15, 0.2) is 0 Å². The quantitative estimate of drug-likeness (QED) is 0.178. The molecular formula is C39H46F3Zr-3. The van der Waals surface area contributed by atoms with Gasteiger partial charge < -0.3 is 0 Å². The molecule has 0 fully saturated rings. The number of hydrogen-bond acceptors (Lipinski definition) is 0. The first-order valence-corrected chi connectivity index (χ1v) is 16.5. The molecule has 0 heterocycles. The molecule has 5 rings (SSSR count). The Morgan fingerprint density at radius 2 is 1.42 bits per heavy atom. The minimum absolute atomic E-state index is 0.167. The van der Waals surface area contributed by atoms with Crippen molar-refractivity contribution in [3.63, 3.8) is 0 Å². The SMILES string of the molecule is CC(C)(C)c1[c-]c2c(cc1)-c1ccc(C(C)(C)C)cc1C2.CC1=[C-]C(C)C=C1C(C)C.FC(F)(F)c1cc[c-]cc1.[CH2]=[Zr]. The van der Waals surface area contributed by atoms with Crippen LogP contribution in [0.2, 0.25) is 0 Å². The van der Waals surface area contributed by atoms with Gasteiger partial charge in [0.25, 0.3) is 0 Å². The molecule has 0 nitrogen and oxygen atoms in total. The molecular weight excluding hydrogens is 617 g/mol. The number of halogens is 3. The van der Waals surface area contributed by atoms with E-state index < -0.39 is 11.7 Å². The van der Waals surface area contributed by atoms with Gasteiger partial charge in [0, 0.05) is 0 Å². The molecule has 0 amide bonds. The molecule has 1 atom stereocenters. The fraction of sp³-hybridized carbons (Fsp3) is 0.410. The molecule has 4 heteroatoms. The predicted octanol–water partition coefficient (Wildman–Crippen LogP) is 11.1. The molecule has 0 aromatic heterocycles. The van der Waals surface area contributed by atoms with E-state index in [1.165, 1.54) is 80.9 Å². The molecule has 0 bridgehead atoms. The second-order valence-electron chi connectivity index (χ2n) is 13.4. The Labute approximate surface area is 273 Å². The first-order chi connectivity index (χ1) is 19.9. The van der Waals surface area contributed by atoms with Gasteiger partial charge in [-0.1, -0.05) is 110 Å². The minimum atomic E-state index is -4.23. The Bertz CT molecular complexity index is 1350. The zero-order valence-electron chi connectivity index (χ0n) is 27.5. The molecule has 0 radical (unpaired) electrons. The van der Waals surface area contributed by atoms with Crippen molar-refractivity contribution >= 4 is 4.21 Å². The van der Waals surface area contributed by atoms with Crippen LogP contribution in [-0.2, 0) is 47.7 Å². The summed E-state index contributed by atoms with van der Waals surface area (Å²) in [4.78, 5) is 0. The van der Waals surface area contributed by atoms with E-state index in [1.54, 1.807) is 0 Å². The second kappa shape index (κ2) is 15.1. The van der Waals surface area contributed by atoms with Gasteiger partial charge in [0.2, 0.25) is 0 Å².